The van der Waals surface area contributed by atoms with Gasteiger partial charge in [0.1, 0.15) is 11.6 Å². The first-order chi connectivity index (χ1) is 11.1. The average Bonchev–Trinajstić information content (AvgIpc) is 2.88. The van der Waals surface area contributed by atoms with Crippen molar-refractivity contribution in [3.05, 3.63) is 40.2 Å². The lowest BCUT2D eigenvalue weighted by atomic mass is 10.2. The Hall–Kier alpha value is -2.64. The normalized spacial score (nSPS) is 13.6. The van der Waals surface area contributed by atoms with E-state index in [-0.39, 0.29) is 11.4 Å². The number of nitrogens with one attached hydrogen (secondary N) is 1. The first kappa shape index (κ1) is 15.3. The molecular formula is C15H19N5O3. The van der Waals surface area contributed by atoms with Gasteiger partial charge in [0.25, 0.3) is 0 Å². The van der Waals surface area contributed by atoms with Gasteiger partial charge in [0, 0.05) is 26.1 Å². The van der Waals surface area contributed by atoms with Gasteiger partial charge in [-0.2, -0.15) is 5.10 Å². The summed E-state index contributed by atoms with van der Waals surface area (Å²) in [6.07, 6.45) is 3.69. The highest BCUT2D eigenvalue weighted by Gasteiger charge is 2.16. The standard InChI is InChI=1S/C15H19N5O3/c21-14(22)11-5-3-6-12(17-11)16-8-4-10-20-15(23)19-9-2-1-7-13(19)18-20/h3,5-6H,1-2,4,7-10H2,(H,16,17)(H,21,22). The molecule has 0 aliphatic carbocycles. The maximum atomic E-state index is 12.2. The molecule has 0 fully saturated rings. The van der Waals surface area contributed by atoms with Crippen molar-refractivity contribution in [1.82, 2.24) is 19.3 Å². The predicted octanol–water partition coefficient (Wildman–Crippen LogP) is 0.976. The smallest absolute Gasteiger partial charge is 0.354 e. The molecule has 3 rings (SSSR count). The number of carboxylic acids is 1. The molecule has 1 aliphatic rings. The number of anilines is 1. The van der Waals surface area contributed by atoms with Crippen molar-refractivity contribution >= 4 is 11.8 Å². The molecule has 0 aromatic carbocycles. The maximum absolute atomic E-state index is 12.2. The molecule has 8 nitrogen and oxygen atoms in total. The highest BCUT2D eigenvalue weighted by molar-refractivity contribution is 5.85. The molecule has 3 heterocycles. The van der Waals surface area contributed by atoms with Gasteiger partial charge in [-0.1, -0.05) is 6.07 Å². The van der Waals surface area contributed by atoms with Crippen molar-refractivity contribution < 1.29 is 9.90 Å². The van der Waals surface area contributed by atoms with Crippen molar-refractivity contribution in [2.45, 2.75) is 38.8 Å². The molecule has 2 aromatic rings. The van der Waals surface area contributed by atoms with Crippen LogP contribution < -0.4 is 11.0 Å². The molecule has 0 radical (unpaired) electrons. The van der Waals surface area contributed by atoms with Crippen LogP contribution in [-0.4, -0.2) is 37.0 Å². The second kappa shape index (κ2) is 6.64. The van der Waals surface area contributed by atoms with Gasteiger partial charge in [-0.25, -0.2) is 19.3 Å². The summed E-state index contributed by atoms with van der Waals surface area (Å²) in [4.78, 5) is 27.0. The second-order valence-corrected chi connectivity index (χ2v) is 5.52. The first-order valence-corrected chi connectivity index (χ1v) is 7.76. The van der Waals surface area contributed by atoms with Crippen molar-refractivity contribution in [2.75, 3.05) is 11.9 Å². The van der Waals surface area contributed by atoms with Crippen LogP contribution in [0.4, 0.5) is 5.82 Å². The van der Waals surface area contributed by atoms with Crippen molar-refractivity contribution in [2.24, 2.45) is 0 Å². The Kier molecular flexibility index (Phi) is 4.40. The minimum atomic E-state index is -1.05. The highest BCUT2D eigenvalue weighted by Crippen LogP contribution is 2.09. The minimum Gasteiger partial charge on any atom is -0.477 e. The van der Waals surface area contributed by atoms with E-state index in [9.17, 15) is 9.59 Å². The van der Waals surface area contributed by atoms with E-state index >= 15 is 0 Å². The Labute approximate surface area is 132 Å². The van der Waals surface area contributed by atoms with Gasteiger partial charge in [-0.3, -0.25) is 4.57 Å². The van der Waals surface area contributed by atoms with E-state index < -0.39 is 5.97 Å². The predicted molar refractivity (Wildman–Crippen MR) is 83.7 cm³/mol. The average molecular weight is 317 g/mol. The molecule has 0 spiro atoms. The van der Waals surface area contributed by atoms with Crippen LogP contribution in [0.1, 0.15) is 35.6 Å². The minimum absolute atomic E-state index is 0.00740. The summed E-state index contributed by atoms with van der Waals surface area (Å²) in [5.41, 5.74) is -0.0290. The van der Waals surface area contributed by atoms with Crippen LogP contribution in [0.15, 0.2) is 23.0 Å². The van der Waals surface area contributed by atoms with E-state index in [0.29, 0.717) is 25.3 Å². The van der Waals surface area contributed by atoms with Gasteiger partial charge >= 0.3 is 11.7 Å². The maximum Gasteiger partial charge on any atom is 0.354 e. The van der Waals surface area contributed by atoms with E-state index in [1.807, 2.05) is 0 Å². The van der Waals surface area contributed by atoms with E-state index in [2.05, 4.69) is 15.4 Å². The number of hydrogen-bond acceptors (Lipinski definition) is 5. The largest absolute Gasteiger partial charge is 0.477 e. The number of aryl methyl sites for hydroxylation is 2. The van der Waals surface area contributed by atoms with Gasteiger partial charge < -0.3 is 10.4 Å². The van der Waals surface area contributed by atoms with Crippen LogP contribution in [0.2, 0.25) is 0 Å². The van der Waals surface area contributed by atoms with Gasteiger partial charge in [-0.15, -0.1) is 0 Å². The van der Waals surface area contributed by atoms with Gasteiger partial charge in [0.2, 0.25) is 0 Å². The molecule has 8 heteroatoms. The van der Waals surface area contributed by atoms with Crippen LogP contribution >= 0.6 is 0 Å². The zero-order valence-electron chi connectivity index (χ0n) is 12.7. The van der Waals surface area contributed by atoms with E-state index in [0.717, 1.165) is 31.6 Å². The fourth-order valence-electron chi connectivity index (χ4n) is 2.69. The monoisotopic (exact) mass is 317 g/mol. The Bertz CT molecular complexity index is 765. The SMILES string of the molecule is O=C(O)c1cccc(NCCCn2nc3n(c2=O)CCCC3)n1. The summed E-state index contributed by atoms with van der Waals surface area (Å²) in [7, 11) is 0. The van der Waals surface area contributed by atoms with Crippen LogP contribution in [0.25, 0.3) is 0 Å². The summed E-state index contributed by atoms with van der Waals surface area (Å²) in [6.45, 7) is 1.88. The second-order valence-electron chi connectivity index (χ2n) is 5.52. The Morgan fingerprint density at radius 3 is 3.00 bits per heavy atom. The third kappa shape index (κ3) is 3.41. The summed E-state index contributed by atoms with van der Waals surface area (Å²) >= 11 is 0. The lowest BCUT2D eigenvalue weighted by Crippen LogP contribution is -2.27. The van der Waals surface area contributed by atoms with E-state index in [4.69, 9.17) is 5.11 Å². The topological polar surface area (TPSA) is 102 Å². The zero-order chi connectivity index (χ0) is 16.2. The fourth-order valence-corrected chi connectivity index (χ4v) is 2.69. The Morgan fingerprint density at radius 1 is 1.35 bits per heavy atom. The number of rotatable bonds is 6. The van der Waals surface area contributed by atoms with Crippen molar-refractivity contribution in [3.63, 3.8) is 0 Å². The molecule has 2 N–H and O–H groups in total. The Morgan fingerprint density at radius 2 is 2.22 bits per heavy atom. The molecule has 0 amide bonds. The van der Waals surface area contributed by atoms with Crippen LogP contribution in [-0.2, 0) is 19.5 Å². The lowest BCUT2D eigenvalue weighted by molar-refractivity contribution is 0.0690. The lowest BCUT2D eigenvalue weighted by Gasteiger charge is -2.09. The molecule has 0 bridgehead atoms. The van der Waals surface area contributed by atoms with Crippen LogP contribution in [0.3, 0.4) is 0 Å². The molecule has 2 aromatic heterocycles. The molecule has 0 saturated heterocycles. The van der Waals surface area contributed by atoms with Gasteiger partial charge in [0.15, 0.2) is 5.69 Å². The molecule has 122 valence electrons. The molecule has 1 aliphatic heterocycles. The summed E-state index contributed by atoms with van der Waals surface area (Å²) in [6, 6.07) is 4.81. The van der Waals surface area contributed by atoms with Crippen LogP contribution in [0.5, 0.6) is 0 Å². The molecule has 0 atom stereocenters. The Balaban J connectivity index is 1.54. The molecule has 23 heavy (non-hydrogen) atoms. The molecule has 0 saturated carbocycles. The number of aromatic nitrogens is 4. The highest BCUT2D eigenvalue weighted by atomic mass is 16.4. The number of nitrogens with zero attached hydrogens (tertiary/aromatic N) is 4. The summed E-state index contributed by atoms with van der Waals surface area (Å²) in [5.74, 6) is 0.343. The zero-order valence-corrected chi connectivity index (χ0v) is 12.7. The fraction of sp³-hybridized carbons (Fsp3) is 0.467. The van der Waals surface area contributed by atoms with E-state index in [1.165, 1.54) is 10.7 Å². The first-order valence-electron chi connectivity index (χ1n) is 7.76. The number of hydrogen-bond donors (Lipinski definition) is 2. The van der Waals surface area contributed by atoms with Gasteiger partial charge in [-0.05, 0) is 31.4 Å². The third-order valence-electron chi connectivity index (χ3n) is 3.85. The number of pyridine rings is 1. The third-order valence-corrected chi connectivity index (χ3v) is 3.85. The summed E-state index contributed by atoms with van der Waals surface area (Å²) < 4.78 is 3.28. The number of carboxylic acid groups (broad SMARTS) is 1. The number of carbonyl (C=O) groups is 1. The van der Waals surface area contributed by atoms with E-state index in [1.54, 1.807) is 16.7 Å². The summed E-state index contributed by atoms with van der Waals surface area (Å²) in [5, 5.41) is 16.3. The quantitative estimate of drug-likeness (QED) is 0.770. The van der Waals surface area contributed by atoms with Crippen molar-refractivity contribution in [3.8, 4) is 0 Å². The molecular weight excluding hydrogens is 298 g/mol. The number of aromatic carboxylic acids is 1. The van der Waals surface area contributed by atoms with Crippen LogP contribution in [0, 0.1) is 0 Å². The number of fused-ring (bicyclic) bond motifs is 1. The molecule has 0 unspecified atom stereocenters. The van der Waals surface area contributed by atoms with Gasteiger partial charge in [0.05, 0.1) is 0 Å². The van der Waals surface area contributed by atoms with Crippen molar-refractivity contribution in [1.29, 1.82) is 0 Å².